The number of nitrogens with one attached hydrogen (secondary N) is 1. The van der Waals surface area contributed by atoms with Crippen LogP contribution < -0.4 is 10.1 Å². The van der Waals surface area contributed by atoms with E-state index in [-0.39, 0.29) is 5.82 Å². The molecule has 0 saturated carbocycles. The molecule has 3 aromatic carbocycles. The Morgan fingerprint density at radius 3 is 2.55 bits per heavy atom. The summed E-state index contributed by atoms with van der Waals surface area (Å²) in [6, 6.07) is 20.4. The highest BCUT2D eigenvalue weighted by Crippen LogP contribution is 2.25. The van der Waals surface area contributed by atoms with Gasteiger partial charge in [0.2, 0.25) is 5.82 Å². The Kier molecular flexibility index (Phi) is 5.73. The number of nitrogens with zero attached hydrogens (tertiary/aromatic N) is 3. The second kappa shape index (κ2) is 8.62. The van der Waals surface area contributed by atoms with E-state index >= 15 is 0 Å². The van der Waals surface area contributed by atoms with E-state index in [4.69, 9.17) is 16.3 Å². The summed E-state index contributed by atoms with van der Waals surface area (Å²) >= 11 is 6.20. The van der Waals surface area contributed by atoms with Crippen LogP contribution in [0.25, 0.3) is 17.1 Å². The van der Waals surface area contributed by atoms with Crippen molar-refractivity contribution in [3.8, 4) is 22.8 Å². The first-order chi connectivity index (χ1) is 14.9. The van der Waals surface area contributed by atoms with Crippen LogP contribution in [0.4, 0.5) is 5.69 Å². The van der Waals surface area contributed by atoms with E-state index in [0.29, 0.717) is 22.3 Å². The Balaban J connectivity index is 1.77. The van der Waals surface area contributed by atoms with Crippen molar-refractivity contribution >= 4 is 23.2 Å². The predicted octanol–water partition coefficient (Wildman–Crippen LogP) is 5.47. The fourth-order valence-electron chi connectivity index (χ4n) is 3.15. The van der Waals surface area contributed by atoms with E-state index in [1.807, 2.05) is 44.2 Å². The monoisotopic (exact) mass is 432 g/mol. The van der Waals surface area contributed by atoms with E-state index in [2.05, 4.69) is 15.4 Å². The van der Waals surface area contributed by atoms with Gasteiger partial charge in [-0.25, -0.2) is 9.67 Å². The number of halogens is 1. The number of carbonyl (C=O) groups excluding carboxylic acids is 1. The number of benzene rings is 3. The lowest BCUT2D eigenvalue weighted by atomic mass is 10.1. The summed E-state index contributed by atoms with van der Waals surface area (Å²) in [7, 11) is 1.57. The number of aryl methyl sites for hydroxylation is 2. The lowest BCUT2D eigenvalue weighted by Gasteiger charge is -2.08. The highest BCUT2D eigenvalue weighted by Gasteiger charge is 2.19. The van der Waals surface area contributed by atoms with Crippen LogP contribution in [0.5, 0.6) is 5.75 Å². The molecule has 31 heavy (non-hydrogen) atoms. The van der Waals surface area contributed by atoms with Gasteiger partial charge in [-0.3, -0.25) is 4.79 Å². The van der Waals surface area contributed by atoms with Gasteiger partial charge in [0.05, 0.1) is 12.8 Å². The third-order valence-corrected chi connectivity index (χ3v) is 5.19. The highest BCUT2D eigenvalue weighted by atomic mass is 35.5. The van der Waals surface area contributed by atoms with Crippen LogP contribution in [0.1, 0.15) is 21.7 Å². The third kappa shape index (κ3) is 4.44. The number of anilines is 1. The lowest BCUT2D eigenvalue weighted by molar-refractivity contribution is 0.101. The molecule has 4 aromatic rings. The molecule has 1 aromatic heterocycles. The average molecular weight is 433 g/mol. The number of aromatic nitrogens is 3. The normalized spacial score (nSPS) is 10.7. The van der Waals surface area contributed by atoms with Gasteiger partial charge >= 0.3 is 0 Å². The van der Waals surface area contributed by atoms with Crippen molar-refractivity contribution < 1.29 is 9.53 Å². The summed E-state index contributed by atoms with van der Waals surface area (Å²) in [5.41, 5.74) is 4.46. The number of ether oxygens (including phenoxy) is 1. The zero-order chi connectivity index (χ0) is 22.0. The molecular weight excluding hydrogens is 412 g/mol. The molecule has 0 spiro atoms. The quantitative estimate of drug-likeness (QED) is 0.454. The fraction of sp³-hybridized carbons (Fsp3) is 0.125. The van der Waals surface area contributed by atoms with Crippen molar-refractivity contribution in [2.45, 2.75) is 13.8 Å². The number of hydrogen-bond donors (Lipinski definition) is 1. The Bertz CT molecular complexity index is 1270. The summed E-state index contributed by atoms with van der Waals surface area (Å²) < 4.78 is 6.88. The highest BCUT2D eigenvalue weighted by molar-refractivity contribution is 6.30. The third-order valence-electron chi connectivity index (χ3n) is 4.96. The molecule has 0 fully saturated rings. The molecule has 0 unspecified atom stereocenters. The van der Waals surface area contributed by atoms with Gasteiger partial charge in [-0.2, -0.15) is 0 Å². The maximum Gasteiger partial charge on any atom is 0.295 e. The minimum atomic E-state index is -0.417. The van der Waals surface area contributed by atoms with Gasteiger partial charge in [0.1, 0.15) is 5.75 Å². The van der Waals surface area contributed by atoms with Gasteiger partial charge in [-0.05, 0) is 61.4 Å². The lowest BCUT2D eigenvalue weighted by Crippen LogP contribution is -2.14. The van der Waals surface area contributed by atoms with Crippen LogP contribution in [0, 0.1) is 13.8 Å². The van der Waals surface area contributed by atoms with Gasteiger partial charge in [0.25, 0.3) is 5.91 Å². The second-order valence-electron chi connectivity index (χ2n) is 7.14. The molecule has 4 rings (SSSR count). The van der Waals surface area contributed by atoms with Gasteiger partial charge in [-0.15, -0.1) is 5.10 Å². The molecule has 0 aliphatic carbocycles. The summed E-state index contributed by atoms with van der Waals surface area (Å²) in [6.45, 7) is 4.08. The molecule has 1 N–H and O–H groups in total. The molecule has 1 amide bonds. The van der Waals surface area contributed by atoms with Crippen LogP contribution in [0.15, 0.2) is 66.7 Å². The fourth-order valence-corrected chi connectivity index (χ4v) is 3.34. The average Bonchev–Trinajstić information content (AvgIpc) is 3.21. The van der Waals surface area contributed by atoms with Crippen molar-refractivity contribution in [3.05, 3.63) is 88.7 Å². The Labute approximate surface area is 185 Å². The Hall–Kier alpha value is -3.64. The summed E-state index contributed by atoms with van der Waals surface area (Å²) in [6.07, 6.45) is 0. The van der Waals surface area contributed by atoms with Crippen LogP contribution in [0.3, 0.4) is 0 Å². The molecule has 1 heterocycles. The number of carbonyl (C=O) groups is 1. The molecule has 0 aliphatic heterocycles. The Morgan fingerprint density at radius 1 is 1.00 bits per heavy atom. The minimum Gasteiger partial charge on any atom is -0.497 e. The maximum atomic E-state index is 12.9. The van der Waals surface area contributed by atoms with E-state index < -0.39 is 5.91 Å². The van der Waals surface area contributed by atoms with Gasteiger partial charge in [0, 0.05) is 22.3 Å². The molecule has 0 saturated heterocycles. The van der Waals surface area contributed by atoms with Crippen molar-refractivity contribution in [1.29, 1.82) is 0 Å². The van der Waals surface area contributed by atoms with E-state index in [9.17, 15) is 4.79 Å². The van der Waals surface area contributed by atoms with Crippen molar-refractivity contribution in [2.75, 3.05) is 12.4 Å². The topological polar surface area (TPSA) is 69.0 Å². The van der Waals surface area contributed by atoms with Gasteiger partial charge in [-0.1, -0.05) is 35.9 Å². The van der Waals surface area contributed by atoms with E-state index in [1.165, 1.54) is 5.56 Å². The Morgan fingerprint density at radius 2 is 1.81 bits per heavy atom. The molecule has 156 valence electrons. The molecular formula is C24H21ClN4O2. The molecule has 6 nitrogen and oxygen atoms in total. The second-order valence-corrected chi connectivity index (χ2v) is 7.57. The van der Waals surface area contributed by atoms with E-state index in [1.54, 1.807) is 48.2 Å². The first-order valence-electron chi connectivity index (χ1n) is 9.70. The van der Waals surface area contributed by atoms with Gasteiger partial charge < -0.3 is 10.1 Å². The summed E-state index contributed by atoms with van der Waals surface area (Å²) in [4.78, 5) is 17.5. The first kappa shape index (κ1) is 20.6. The molecule has 0 aliphatic rings. The molecule has 7 heteroatoms. The minimum absolute atomic E-state index is 0.0519. The van der Waals surface area contributed by atoms with Crippen LogP contribution in [-0.4, -0.2) is 27.8 Å². The molecule has 0 atom stereocenters. The van der Waals surface area contributed by atoms with E-state index in [0.717, 1.165) is 16.8 Å². The molecule has 0 radical (unpaired) electrons. The first-order valence-corrected chi connectivity index (χ1v) is 10.1. The van der Waals surface area contributed by atoms with Crippen LogP contribution >= 0.6 is 11.6 Å². The van der Waals surface area contributed by atoms with Crippen LogP contribution in [-0.2, 0) is 0 Å². The van der Waals surface area contributed by atoms with Crippen molar-refractivity contribution in [3.63, 3.8) is 0 Å². The van der Waals surface area contributed by atoms with Crippen LogP contribution in [0.2, 0.25) is 5.02 Å². The largest absolute Gasteiger partial charge is 0.497 e. The predicted molar refractivity (Wildman–Crippen MR) is 122 cm³/mol. The summed E-state index contributed by atoms with van der Waals surface area (Å²) in [5.74, 6) is 0.808. The number of amides is 1. The number of rotatable bonds is 5. The zero-order valence-corrected chi connectivity index (χ0v) is 18.1. The number of hydrogen-bond acceptors (Lipinski definition) is 4. The zero-order valence-electron chi connectivity index (χ0n) is 17.4. The molecule has 0 bridgehead atoms. The van der Waals surface area contributed by atoms with Gasteiger partial charge in [0.15, 0.2) is 5.82 Å². The summed E-state index contributed by atoms with van der Waals surface area (Å²) in [5, 5.41) is 7.92. The standard InChI is InChI=1S/C24H21ClN4O2/c1-15-10-11-20(12-16(15)2)29-23(17-6-4-7-18(25)13-17)27-22(28-29)24(30)26-19-8-5-9-21(14-19)31-3/h4-14H,1-3H3,(H,26,30). The maximum absolute atomic E-state index is 12.9. The number of methoxy groups -OCH3 is 1. The van der Waals surface area contributed by atoms with Crippen molar-refractivity contribution in [2.24, 2.45) is 0 Å². The van der Waals surface area contributed by atoms with Crippen molar-refractivity contribution in [1.82, 2.24) is 14.8 Å². The SMILES string of the molecule is COc1cccc(NC(=O)c2nc(-c3cccc(Cl)c3)n(-c3ccc(C)c(C)c3)n2)c1. The smallest absolute Gasteiger partial charge is 0.295 e.